The van der Waals surface area contributed by atoms with Gasteiger partial charge in [0.05, 0.1) is 0 Å². The average Bonchev–Trinajstić information content (AvgIpc) is 2.04. The van der Waals surface area contributed by atoms with E-state index < -0.39 is 12.4 Å². The first-order valence-corrected chi connectivity index (χ1v) is 5.21. The molecule has 0 saturated heterocycles. The van der Waals surface area contributed by atoms with Crippen molar-refractivity contribution in [2.45, 2.75) is 5.75 Å². The van der Waals surface area contributed by atoms with Crippen LogP contribution in [0, 0.1) is 0 Å². The van der Waals surface area contributed by atoms with Gasteiger partial charge in [0.1, 0.15) is 0 Å². The van der Waals surface area contributed by atoms with Crippen LogP contribution < -0.4 is 56.8 Å². The van der Waals surface area contributed by atoms with Gasteiger partial charge in [0.2, 0.25) is 0 Å². The Labute approximate surface area is 129 Å². The molecule has 0 bridgehead atoms. The molecule has 0 amide bonds. The zero-order valence-electron chi connectivity index (χ0n) is 8.14. The van der Waals surface area contributed by atoms with Crippen LogP contribution in [-0.2, 0) is 5.75 Å². The van der Waals surface area contributed by atoms with E-state index in [-0.39, 0.29) is 51.4 Å². The van der Waals surface area contributed by atoms with Crippen LogP contribution in [-0.4, -0.2) is 13.2 Å². The summed E-state index contributed by atoms with van der Waals surface area (Å²) in [6, 6.07) is 5.35. The first-order chi connectivity index (χ1) is 6.04. The predicted molar refractivity (Wildman–Crippen MR) is 52.4 cm³/mol. The maximum absolute atomic E-state index is 12.2. The fourth-order valence-electron chi connectivity index (χ4n) is 0.999. The summed E-state index contributed by atoms with van der Waals surface area (Å²) in [5.41, 5.74) is 0.404. The second-order valence-corrected chi connectivity index (χ2v) is 3.62. The molecule has 0 aliphatic carbocycles. The fraction of sp³-hybridized carbons (Fsp3) is 0.250. The van der Waals surface area contributed by atoms with Gasteiger partial charge in [-0.3, -0.25) is 0 Å². The number of rotatable bonds is 3. The van der Waals surface area contributed by atoms with Crippen molar-refractivity contribution < 1.29 is 64.3 Å². The molecule has 0 aromatic heterocycles. The minimum absolute atomic E-state index is 0. The van der Waals surface area contributed by atoms with E-state index in [0.29, 0.717) is 0 Å². The third-order valence-electron chi connectivity index (χ3n) is 1.67. The Hall–Kier alpha value is 1.06. The standard InChI is InChI=1S/C8H9BF3S.K/c1-13-6-7-2-4-8(5-3-7)9(10,11)12;/h2-5H,6H2,1H3;/q-1;+1. The minimum Gasteiger partial charge on any atom is -0.445 e. The van der Waals surface area contributed by atoms with Crippen LogP contribution in [0.15, 0.2) is 24.3 Å². The van der Waals surface area contributed by atoms with Crippen molar-refractivity contribution in [2.75, 3.05) is 6.26 Å². The van der Waals surface area contributed by atoms with Crippen molar-refractivity contribution in [3.8, 4) is 0 Å². The number of hydrogen-bond acceptors (Lipinski definition) is 1. The van der Waals surface area contributed by atoms with E-state index >= 15 is 0 Å². The molecular weight excluding hydrogens is 235 g/mol. The summed E-state index contributed by atoms with van der Waals surface area (Å²) in [6.07, 6.45) is 1.92. The summed E-state index contributed by atoms with van der Waals surface area (Å²) in [5.74, 6) is 0.755. The van der Waals surface area contributed by atoms with Crippen molar-refractivity contribution >= 4 is 24.2 Å². The van der Waals surface area contributed by atoms with Gasteiger partial charge in [0, 0.05) is 5.75 Å². The quantitative estimate of drug-likeness (QED) is 0.652. The molecule has 0 radical (unpaired) electrons. The van der Waals surface area contributed by atoms with E-state index in [1.54, 1.807) is 11.8 Å². The van der Waals surface area contributed by atoms with E-state index in [4.69, 9.17) is 0 Å². The first-order valence-electron chi connectivity index (χ1n) is 3.82. The fourth-order valence-corrected chi connectivity index (χ4v) is 1.52. The second-order valence-electron chi connectivity index (χ2n) is 2.75. The van der Waals surface area contributed by atoms with Crippen LogP contribution in [0.25, 0.3) is 0 Å². The Balaban J connectivity index is 0.00000169. The second kappa shape index (κ2) is 6.60. The Bertz CT molecular complexity index is 273. The van der Waals surface area contributed by atoms with Crippen molar-refractivity contribution in [3.05, 3.63) is 29.8 Å². The van der Waals surface area contributed by atoms with E-state index in [1.807, 2.05) is 6.26 Å². The molecule has 0 fully saturated rings. The third kappa shape index (κ3) is 4.72. The number of hydrogen-bond donors (Lipinski definition) is 0. The van der Waals surface area contributed by atoms with Crippen molar-refractivity contribution in [1.29, 1.82) is 0 Å². The van der Waals surface area contributed by atoms with Crippen LogP contribution in [0.2, 0.25) is 0 Å². The molecule has 14 heavy (non-hydrogen) atoms. The van der Waals surface area contributed by atoms with Gasteiger partial charge in [-0.15, -0.1) is 5.46 Å². The molecule has 0 unspecified atom stereocenters. The number of benzene rings is 1. The average molecular weight is 244 g/mol. The van der Waals surface area contributed by atoms with E-state index in [2.05, 4.69) is 0 Å². The first kappa shape index (κ1) is 15.1. The van der Waals surface area contributed by atoms with Crippen LogP contribution in [0.3, 0.4) is 0 Å². The van der Waals surface area contributed by atoms with Crippen molar-refractivity contribution in [1.82, 2.24) is 0 Å². The zero-order chi connectivity index (χ0) is 9.90. The van der Waals surface area contributed by atoms with Gasteiger partial charge in [0.25, 0.3) is 0 Å². The summed E-state index contributed by atoms with van der Waals surface area (Å²) in [7, 11) is 0. The Morgan fingerprint density at radius 3 is 2.00 bits per heavy atom. The maximum atomic E-state index is 12.2. The molecule has 0 spiro atoms. The smallest absolute Gasteiger partial charge is 0.445 e. The van der Waals surface area contributed by atoms with Gasteiger partial charge in [-0.1, -0.05) is 24.3 Å². The number of halogens is 3. The molecular formula is C8H9BF3KS. The summed E-state index contributed by atoms with van der Waals surface area (Å²) >= 11 is 1.59. The van der Waals surface area contributed by atoms with E-state index in [9.17, 15) is 12.9 Å². The van der Waals surface area contributed by atoms with Gasteiger partial charge in [-0.25, -0.2) is 0 Å². The van der Waals surface area contributed by atoms with Crippen molar-refractivity contribution in [2.24, 2.45) is 0 Å². The van der Waals surface area contributed by atoms with Crippen LogP contribution in [0.1, 0.15) is 5.56 Å². The minimum atomic E-state index is -4.84. The molecule has 6 heteroatoms. The molecule has 1 aromatic rings. The molecule has 1 aromatic carbocycles. The Kier molecular flexibility index (Phi) is 7.10. The van der Waals surface area contributed by atoms with Gasteiger partial charge < -0.3 is 12.9 Å². The topological polar surface area (TPSA) is 0 Å². The van der Waals surface area contributed by atoms with Gasteiger partial charge in [-0.2, -0.15) is 11.8 Å². The molecule has 0 nitrogen and oxygen atoms in total. The molecule has 0 saturated carbocycles. The predicted octanol–water partition coefficient (Wildman–Crippen LogP) is -0.392. The zero-order valence-corrected chi connectivity index (χ0v) is 12.1. The van der Waals surface area contributed by atoms with E-state index in [0.717, 1.165) is 23.4 Å². The van der Waals surface area contributed by atoms with Crippen molar-refractivity contribution in [3.63, 3.8) is 0 Å². The summed E-state index contributed by atoms with van der Waals surface area (Å²) in [4.78, 5) is 0. The monoisotopic (exact) mass is 244 g/mol. The summed E-state index contributed by atoms with van der Waals surface area (Å²) < 4.78 is 36.5. The molecule has 0 aliphatic rings. The maximum Gasteiger partial charge on any atom is 1.00 e. The summed E-state index contributed by atoms with van der Waals surface area (Å²) in [6.45, 7) is -4.84. The molecule has 0 atom stereocenters. The number of thioether (sulfide) groups is 1. The Morgan fingerprint density at radius 1 is 1.14 bits per heavy atom. The Morgan fingerprint density at radius 2 is 1.64 bits per heavy atom. The normalized spacial score (nSPS) is 10.9. The van der Waals surface area contributed by atoms with Crippen LogP contribution >= 0.6 is 11.8 Å². The SMILES string of the molecule is CSCc1ccc([B-](F)(F)F)cc1.[K+]. The van der Waals surface area contributed by atoms with Gasteiger partial charge in [-0.05, 0) is 11.8 Å². The molecule has 0 N–H and O–H groups in total. The van der Waals surface area contributed by atoms with Crippen LogP contribution in [0.4, 0.5) is 12.9 Å². The molecule has 0 heterocycles. The van der Waals surface area contributed by atoms with Gasteiger partial charge >= 0.3 is 58.4 Å². The van der Waals surface area contributed by atoms with Gasteiger partial charge in [0.15, 0.2) is 0 Å². The molecule has 1 rings (SSSR count). The third-order valence-corrected chi connectivity index (χ3v) is 2.29. The van der Waals surface area contributed by atoms with Crippen LogP contribution in [0.5, 0.6) is 0 Å². The molecule has 0 aliphatic heterocycles. The largest absolute Gasteiger partial charge is 1.00 e. The summed E-state index contributed by atoms with van der Waals surface area (Å²) in [5, 5.41) is 0. The van der Waals surface area contributed by atoms with E-state index in [1.165, 1.54) is 12.1 Å². The molecule has 72 valence electrons.